The van der Waals surface area contributed by atoms with E-state index in [0.29, 0.717) is 11.3 Å². The van der Waals surface area contributed by atoms with Gasteiger partial charge in [-0.25, -0.2) is 4.39 Å². The number of carbonyl (C=O) groups is 3. The van der Waals surface area contributed by atoms with Gasteiger partial charge in [0.25, 0.3) is 11.8 Å². The molecule has 0 spiro atoms. The van der Waals surface area contributed by atoms with E-state index in [9.17, 15) is 23.9 Å². The van der Waals surface area contributed by atoms with Gasteiger partial charge in [-0.3, -0.25) is 19.4 Å². The van der Waals surface area contributed by atoms with E-state index >= 15 is 0 Å². The number of primary amides is 1. The summed E-state index contributed by atoms with van der Waals surface area (Å²) in [7, 11) is 0. The fourth-order valence-electron chi connectivity index (χ4n) is 3.35. The van der Waals surface area contributed by atoms with Gasteiger partial charge >= 0.3 is 0 Å². The van der Waals surface area contributed by atoms with Crippen LogP contribution in [0.5, 0.6) is 0 Å². The van der Waals surface area contributed by atoms with E-state index in [0.717, 1.165) is 12.1 Å². The number of benzene rings is 2. The molecule has 0 fully saturated rings. The van der Waals surface area contributed by atoms with Gasteiger partial charge in [-0.15, -0.1) is 0 Å². The number of anilines is 1. The van der Waals surface area contributed by atoms with E-state index in [1.54, 1.807) is 0 Å². The fourth-order valence-corrected chi connectivity index (χ4v) is 3.60. The van der Waals surface area contributed by atoms with E-state index < -0.39 is 40.7 Å². The number of hydrogen-bond acceptors (Lipinski definition) is 6. The van der Waals surface area contributed by atoms with Crippen LogP contribution >= 0.6 is 11.6 Å². The summed E-state index contributed by atoms with van der Waals surface area (Å²) in [6.45, 7) is 3.00. The maximum Gasteiger partial charge on any atom is 0.257 e. The molecular formula is C22H23ClFN5O4. The molecule has 6 N–H and O–H groups in total. The van der Waals surface area contributed by atoms with Crippen molar-refractivity contribution in [3.63, 3.8) is 0 Å². The van der Waals surface area contributed by atoms with Gasteiger partial charge in [-0.1, -0.05) is 23.7 Å². The summed E-state index contributed by atoms with van der Waals surface area (Å²) < 4.78 is 13.2. The molecule has 2 aromatic rings. The third-order valence-corrected chi connectivity index (χ3v) is 5.34. The first kappa shape index (κ1) is 24.1. The van der Waals surface area contributed by atoms with Crippen LogP contribution in [0.15, 0.2) is 47.5 Å². The average molecular weight is 476 g/mol. The molecule has 11 heteroatoms. The third-order valence-electron chi connectivity index (χ3n) is 5.03. The van der Waals surface area contributed by atoms with Crippen molar-refractivity contribution in [3.05, 3.63) is 64.4 Å². The van der Waals surface area contributed by atoms with Gasteiger partial charge < -0.3 is 26.8 Å². The minimum Gasteiger partial charge on any atom is -0.389 e. The number of aliphatic imine (C=N–C) groups is 1. The van der Waals surface area contributed by atoms with Crippen molar-refractivity contribution in [3.8, 4) is 0 Å². The number of aliphatic hydroxyl groups is 1. The quantitative estimate of drug-likeness (QED) is 0.409. The zero-order valence-electron chi connectivity index (χ0n) is 17.9. The molecular weight excluding hydrogens is 453 g/mol. The summed E-state index contributed by atoms with van der Waals surface area (Å²) in [6, 6.07) is 8.27. The van der Waals surface area contributed by atoms with Crippen LogP contribution in [-0.4, -0.2) is 47.4 Å². The van der Waals surface area contributed by atoms with Crippen LogP contribution in [0.1, 0.15) is 29.8 Å². The highest BCUT2D eigenvalue weighted by Crippen LogP contribution is 2.31. The number of hydrogen-bond donors (Lipinski definition) is 5. The summed E-state index contributed by atoms with van der Waals surface area (Å²) in [6.07, 6.45) is 1.23. The van der Waals surface area contributed by atoms with Crippen molar-refractivity contribution >= 4 is 41.3 Å². The normalized spacial score (nSPS) is 19.6. The molecule has 1 aliphatic rings. The van der Waals surface area contributed by atoms with Crippen molar-refractivity contribution < 1.29 is 23.9 Å². The van der Waals surface area contributed by atoms with Gasteiger partial charge in [0.15, 0.2) is 11.6 Å². The second kappa shape index (κ2) is 9.16. The second-order valence-electron chi connectivity index (χ2n) is 8.18. The van der Waals surface area contributed by atoms with Crippen molar-refractivity contribution in [2.24, 2.45) is 10.7 Å². The van der Waals surface area contributed by atoms with Gasteiger partial charge in [0, 0.05) is 12.2 Å². The highest BCUT2D eigenvalue weighted by molar-refractivity contribution is 6.34. The van der Waals surface area contributed by atoms with Crippen LogP contribution in [0, 0.1) is 5.82 Å². The first-order valence-electron chi connectivity index (χ1n) is 9.90. The maximum atomic E-state index is 13.2. The van der Waals surface area contributed by atoms with E-state index in [2.05, 4.69) is 20.9 Å². The molecule has 0 aromatic heterocycles. The summed E-state index contributed by atoms with van der Waals surface area (Å²) in [5.74, 6) is -2.55. The average Bonchev–Trinajstić information content (AvgIpc) is 3.18. The van der Waals surface area contributed by atoms with E-state index in [1.807, 2.05) is 0 Å². The third kappa shape index (κ3) is 5.12. The van der Waals surface area contributed by atoms with Crippen LogP contribution in [0.3, 0.4) is 0 Å². The van der Waals surface area contributed by atoms with Gasteiger partial charge in [0.05, 0.1) is 22.5 Å². The SMILES string of the molecule is CC(C)(O)CNC(=O)C1N=CNC1(C(N)=O)c1ccc(NC(=O)c2ccc(F)cc2Cl)cc1. The molecule has 3 amide bonds. The van der Waals surface area contributed by atoms with Gasteiger partial charge in [-0.05, 0) is 49.7 Å². The van der Waals surface area contributed by atoms with Gasteiger partial charge in [0.2, 0.25) is 5.91 Å². The Morgan fingerprint density at radius 3 is 2.48 bits per heavy atom. The number of carbonyl (C=O) groups excluding carboxylic acids is 3. The minimum absolute atomic E-state index is 0.0379. The molecule has 9 nitrogen and oxygen atoms in total. The molecule has 33 heavy (non-hydrogen) atoms. The van der Waals surface area contributed by atoms with Crippen LogP contribution in [0.25, 0.3) is 0 Å². The summed E-state index contributed by atoms with van der Waals surface area (Å²) in [5, 5.41) is 17.8. The Labute approximate surface area is 194 Å². The Morgan fingerprint density at radius 1 is 1.24 bits per heavy atom. The van der Waals surface area contributed by atoms with Crippen LogP contribution in [0.4, 0.5) is 10.1 Å². The summed E-state index contributed by atoms with van der Waals surface area (Å²) in [4.78, 5) is 41.7. The van der Waals surface area contributed by atoms with Crippen molar-refractivity contribution in [1.29, 1.82) is 0 Å². The number of halogens is 2. The maximum absolute atomic E-state index is 13.2. The minimum atomic E-state index is -1.66. The summed E-state index contributed by atoms with van der Waals surface area (Å²) >= 11 is 5.93. The standard InChI is InChI=1S/C22H23ClFN5O4/c1-21(2,33)10-26-19(31)17-22(20(25)32,28-11-27-17)12-3-6-14(7-4-12)29-18(30)15-8-5-13(24)9-16(15)23/h3-9,11,17,33H,10H2,1-2H3,(H2,25,32)(H,26,31)(H,27,28)(H,29,30). The highest BCUT2D eigenvalue weighted by Gasteiger charge is 2.52. The molecule has 2 unspecified atom stereocenters. The van der Waals surface area contributed by atoms with Crippen molar-refractivity contribution in [1.82, 2.24) is 10.6 Å². The van der Waals surface area contributed by atoms with Crippen LogP contribution in [0.2, 0.25) is 5.02 Å². The Balaban J connectivity index is 1.82. The monoisotopic (exact) mass is 475 g/mol. The number of nitrogens with two attached hydrogens (primary N) is 1. The lowest BCUT2D eigenvalue weighted by molar-refractivity contribution is -0.132. The zero-order valence-corrected chi connectivity index (χ0v) is 18.6. The number of amides is 3. The Morgan fingerprint density at radius 2 is 1.91 bits per heavy atom. The second-order valence-corrected chi connectivity index (χ2v) is 8.59. The number of rotatable bonds is 7. The molecule has 0 aliphatic carbocycles. The predicted octanol–water partition coefficient (Wildman–Crippen LogP) is 1.30. The van der Waals surface area contributed by atoms with E-state index in [4.69, 9.17) is 17.3 Å². The lowest BCUT2D eigenvalue weighted by atomic mass is 9.82. The Kier molecular flexibility index (Phi) is 6.71. The lowest BCUT2D eigenvalue weighted by Crippen LogP contribution is -2.60. The van der Waals surface area contributed by atoms with Crippen molar-refractivity contribution in [2.45, 2.75) is 31.0 Å². The van der Waals surface area contributed by atoms with E-state index in [1.165, 1.54) is 50.5 Å². The molecule has 0 saturated heterocycles. The van der Waals surface area contributed by atoms with Crippen molar-refractivity contribution in [2.75, 3.05) is 11.9 Å². The smallest absolute Gasteiger partial charge is 0.257 e. The van der Waals surface area contributed by atoms with Gasteiger partial charge in [0.1, 0.15) is 5.82 Å². The molecule has 0 bridgehead atoms. The molecule has 1 heterocycles. The largest absolute Gasteiger partial charge is 0.389 e. The Bertz CT molecular complexity index is 1120. The molecule has 1 aliphatic heterocycles. The topological polar surface area (TPSA) is 146 Å². The molecule has 0 radical (unpaired) electrons. The Hall–Kier alpha value is -3.50. The van der Waals surface area contributed by atoms with E-state index in [-0.39, 0.29) is 17.1 Å². The number of nitrogens with one attached hydrogen (secondary N) is 3. The van der Waals surface area contributed by atoms with Gasteiger partial charge in [-0.2, -0.15) is 0 Å². The number of nitrogens with zero attached hydrogens (tertiary/aromatic N) is 1. The molecule has 0 saturated carbocycles. The molecule has 2 atom stereocenters. The fraction of sp³-hybridized carbons (Fsp3) is 0.273. The van der Waals surface area contributed by atoms with Crippen LogP contribution in [-0.2, 0) is 15.1 Å². The molecule has 174 valence electrons. The lowest BCUT2D eigenvalue weighted by Gasteiger charge is -2.32. The van der Waals surface area contributed by atoms with Crippen LogP contribution < -0.4 is 21.7 Å². The first-order valence-corrected chi connectivity index (χ1v) is 10.3. The first-order chi connectivity index (χ1) is 15.4. The predicted molar refractivity (Wildman–Crippen MR) is 121 cm³/mol. The zero-order chi connectivity index (χ0) is 24.4. The molecule has 3 rings (SSSR count). The highest BCUT2D eigenvalue weighted by atomic mass is 35.5. The summed E-state index contributed by atoms with van der Waals surface area (Å²) in [5.41, 5.74) is 3.65. The molecule has 2 aromatic carbocycles.